The Kier molecular flexibility index (Phi) is 5.24. The van der Waals surface area contributed by atoms with Gasteiger partial charge in [0.05, 0.1) is 22.1 Å². The molecule has 0 amide bonds. The Morgan fingerprint density at radius 2 is 2.17 bits per heavy atom. The molecule has 0 aliphatic carbocycles. The van der Waals surface area contributed by atoms with Crippen molar-refractivity contribution in [3.05, 3.63) is 46.5 Å². The molecule has 0 aromatic heterocycles. The molecule has 1 aromatic rings. The van der Waals surface area contributed by atoms with E-state index in [1.807, 2.05) is 6.07 Å². The monoisotopic (exact) mass is 286 g/mol. The number of halogens is 2. The predicted molar refractivity (Wildman–Crippen MR) is 75.1 cm³/mol. The van der Waals surface area contributed by atoms with Gasteiger partial charge in [-0.05, 0) is 31.9 Å². The van der Waals surface area contributed by atoms with Crippen molar-refractivity contribution >= 4 is 29.2 Å². The molecular formula is C14H16Cl2O2. The van der Waals surface area contributed by atoms with Gasteiger partial charge >= 0.3 is 5.97 Å². The minimum Gasteiger partial charge on any atom is -0.465 e. The molecule has 0 aliphatic heterocycles. The Hall–Kier alpha value is -0.990. The van der Waals surface area contributed by atoms with Crippen molar-refractivity contribution in [3.63, 3.8) is 0 Å². The van der Waals surface area contributed by atoms with E-state index in [4.69, 9.17) is 27.9 Å². The molecule has 0 radical (unpaired) electrons. The van der Waals surface area contributed by atoms with Crippen LogP contribution in [0.15, 0.2) is 30.9 Å². The van der Waals surface area contributed by atoms with E-state index in [2.05, 4.69) is 6.58 Å². The zero-order valence-corrected chi connectivity index (χ0v) is 12.0. The van der Waals surface area contributed by atoms with E-state index in [1.165, 1.54) is 0 Å². The highest BCUT2D eigenvalue weighted by Gasteiger charge is 2.32. The highest BCUT2D eigenvalue weighted by Crippen LogP contribution is 2.32. The van der Waals surface area contributed by atoms with Crippen molar-refractivity contribution in [3.8, 4) is 0 Å². The van der Waals surface area contributed by atoms with Gasteiger partial charge in [0, 0.05) is 0 Å². The maximum Gasteiger partial charge on any atom is 0.315 e. The van der Waals surface area contributed by atoms with Crippen molar-refractivity contribution in [1.82, 2.24) is 0 Å². The van der Waals surface area contributed by atoms with Gasteiger partial charge in [0.15, 0.2) is 0 Å². The Labute approximate surface area is 118 Å². The normalized spacial score (nSPS) is 13.8. The van der Waals surface area contributed by atoms with Crippen LogP contribution < -0.4 is 0 Å². The van der Waals surface area contributed by atoms with E-state index in [0.717, 1.165) is 5.56 Å². The summed E-state index contributed by atoms with van der Waals surface area (Å²) >= 11 is 12.1. The van der Waals surface area contributed by atoms with Gasteiger partial charge in [-0.2, -0.15) is 0 Å². The zero-order chi connectivity index (χ0) is 13.8. The standard InChI is InChI=1S/C14H16Cl2O2/c1-4-14(3,13(17)18-5-2)9-10-7-6-8-11(15)12(10)16/h4,6-8H,1,5,9H2,2-3H3. The molecule has 1 unspecified atom stereocenters. The maximum atomic E-state index is 11.9. The predicted octanol–water partition coefficient (Wildman–Crippen LogP) is 4.29. The third-order valence-corrected chi connectivity index (χ3v) is 3.64. The Balaban J connectivity index is 3.02. The van der Waals surface area contributed by atoms with E-state index in [-0.39, 0.29) is 5.97 Å². The summed E-state index contributed by atoms with van der Waals surface area (Å²) in [7, 11) is 0. The van der Waals surface area contributed by atoms with Crippen LogP contribution in [0.3, 0.4) is 0 Å². The summed E-state index contributed by atoms with van der Waals surface area (Å²) in [5.41, 5.74) is 0.00395. The molecule has 0 saturated carbocycles. The Morgan fingerprint density at radius 1 is 1.50 bits per heavy atom. The summed E-state index contributed by atoms with van der Waals surface area (Å²) in [5.74, 6) is -0.309. The lowest BCUT2D eigenvalue weighted by Gasteiger charge is -2.24. The summed E-state index contributed by atoms with van der Waals surface area (Å²) in [6, 6.07) is 5.36. The van der Waals surface area contributed by atoms with Gasteiger partial charge in [0.2, 0.25) is 0 Å². The molecule has 0 spiro atoms. The fourth-order valence-corrected chi connectivity index (χ4v) is 1.99. The number of rotatable bonds is 5. The van der Waals surface area contributed by atoms with Crippen molar-refractivity contribution in [2.75, 3.05) is 6.61 Å². The Bertz CT molecular complexity index is 457. The van der Waals surface area contributed by atoms with Crippen molar-refractivity contribution < 1.29 is 9.53 Å². The first-order valence-corrected chi connectivity index (χ1v) is 6.44. The van der Waals surface area contributed by atoms with Gasteiger partial charge in [-0.1, -0.05) is 41.4 Å². The number of hydrogen-bond acceptors (Lipinski definition) is 2. The third-order valence-electron chi connectivity index (χ3n) is 2.78. The van der Waals surface area contributed by atoms with Crippen LogP contribution in [0.1, 0.15) is 19.4 Å². The van der Waals surface area contributed by atoms with Crippen LogP contribution in [0.5, 0.6) is 0 Å². The molecule has 0 bridgehead atoms. The molecule has 1 aromatic carbocycles. The van der Waals surface area contributed by atoms with Crippen LogP contribution in [0.4, 0.5) is 0 Å². The second-order valence-electron chi connectivity index (χ2n) is 4.23. The SMILES string of the molecule is C=CC(C)(Cc1cccc(Cl)c1Cl)C(=O)OCC. The van der Waals surface area contributed by atoms with Gasteiger partial charge in [0.1, 0.15) is 0 Å². The molecule has 1 rings (SSSR count). The van der Waals surface area contributed by atoms with E-state index in [9.17, 15) is 4.79 Å². The molecular weight excluding hydrogens is 271 g/mol. The van der Waals surface area contributed by atoms with Gasteiger partial charge in [-0.25, -0.2) is 0 Å². The average Bonchev–Trinajstić information content (AvgIpc) is 2.35. The lowest BCUT2D eigenvalue weighted by molar-refractivity contribution is -0.151. The van der Waals surface area contributed by atoms with E-state index >= 15 is 0 Å². The second-order valence-corrected chi connectivity index (χ2v) is 5.02. The molecule has 0 fully saturated rings. The van der Waals surface area contributed by atoms with Gasteiger partial charge in [-0.3, -0.25) is 4.79 Å². The first-order chi connectivity index (χ1) is 8.44. The molecule has 1 atom stereocenters. The molecule has 2 nitrogen and oxygen atoms in total. The van der Waals surface area contributed by atoms with E-state index < -0.39 is 5.41 Å². The largest absolute Gasteiger partial charge is 0.465 e. The number of ether oxygens (including phenoxy) is 1. The third kappa shape index (κ3) is 3.27. The van der Waals surface area contributed by atoms with E-state index in [0.29, 0.717) is 23.1 Å². The van der Waals surface area contributed by atoms with Crippen LogP contribution in [-0.4, -0.2) is 12.6 Å². The van der Waals surface area contributed by atoms with Crippen LogP contribution in [0, 0.1) is 5.41 Å². The summed E-state index contributed by atoms with van der Waals surface area (Å²) < 4.78 is 5.05. The average molecular weight is 287 g/mol. The smallest absolute Gasteiger partial charge is 0.315 e. The fourth-order valence-electron chi connectivity index (χ4n) is 1.60. The lowest BCUT2D eigenvalue weighted by atomic mass is 9.84. The number of esters is 1. The van der Waals surface area contributed by atoms with Crippen LogP contribution in [0.2, 0.25) is 10.0 Å². The quantitative estimate of drug-likeness (QED) is 0.596. The molecule has 0 N–H and O–H groups in total. The number of benzene rings is 1. The summed E-state index contributed by atoms with van der Waals surface area (Å²) in [4.78, 5) is 11.9. The molecule has 0 saturated heterocycles. The van der Waals surface area contributed by atoms with Gasteiger partial charge in [-0.15, -0.1) is 6.58 Å². The molecule has 98 valence electrons. The maximum absolute atomic E-state index is 11.9. The zero-order valence-electron chi connectivity index (χ0n) is 10.5. The fraction of sp³-hybridized carbons (Fsp3) is 0.357. The summed E-state index contributed by atoms with van der Waals surface area (Å²) in [6.07, 6.45) is 2.00. The van der Waals surface area contributed by atoms with Crippen molar-refractivity contribution in [2.24, 2.45) is 5.41 Å². The van der Waals surface area contributed by atoms with Crippen molar-refractivity contribution in [2.45, 2.75) is 20.3 Å². The molecule has 18 heavy (non-hydrogen) atoms. The molecule has 0 heterocycles. The van der Waals surface area contributed by atoms with Gasteiger partial charge < -0.3 is 4.74 Å². The number of hydrogen-bond donors (Lipinski definition) is 0. The highest BCUT2D eigenvalue weighted by molar-refractivity contribution is 6.42. The molecule has 4 heteroatoms. The van der Waals surface area contributed by atoms with Crippen LogP contribution in [0.25, 0.3) is 0 Å². The highest BCUT2D eigenvalue weighted by atomic mass is 35.5. The summed E-state index contributed by atoms with van der Waals surface area (Å²) in [5, 5.41) is 0.945. The first-order valence-electron chi connectivity index (χ1n) is 5.68. The van der Waals surface area contributed by atoms with Crippen LogP contribution >= 0.6 is 23.2 Å². The van der Waals surface area contributed by atoms with Gasteiger partial charge in [0.25, 0.3) is 0 Å². The van der Waals surface area contributed by atoms with Crippen molar-refractivity contribution in [1.29, 1.82) is 0 Å². The summed E-state index contributed by atoms with van der Waals surface area (Å²) in [6.45, 7) is 7.59. The minimum atomic E-state index is -0.801. The topological polar surface area (TPSA) is 26.3 Å². The number of carbonyl (C=O) groups is 1. The van der Waals surface area contributed by atoms with E-state index in [1.54, 1.807) is 32.1 Å². The Morgan fingerprint density at radius 3 is 2.72 bits per heavy atom. The lowest BCUT2D eigenvalue weighted by Crippen LogP contribution is -2.30. The minimum absolute atomic E-state index is 0.309. The number of carbonyl (C=O) groups excluding carboxylic acids is 1. The van der Waals surface area contributed by atoms with Crippen LogP contribution in [-0.2, 0) is 16.0 Å². The molecule has 0 aliphatic rings. The first kappa shape index (κ1) is 15.1. The second kappa shape index (κ2) is 6.26.